The first-order valence-electron chi connectivity index (χ1n) is 11.8. The Kier molecular flexibility index (Phi) is 5.48. The van der Waals surface area contributed by atoms with Crippen LogP contribution in [-0.4, -0.2) is 43.2 Å². The number of benzene rings is 1. The Hall–Kier alpha value is -2.01. The minimum atomic E-state index is 0.405. The zero-order valence-electron chi connectivity index (χ0n) is 18.3. The normalized spacial score (nSPS) is 20.7. The lowest BCUT2D eigenvalue weighted by molar-refractivity contribution is 0.203. The van der Waals surface area contributed by atoms with Crippen LogP contribution >= 0.6 is 0 Å². The average molecular weight is 410 g/mol. The second-order valence-corrected chi connectivity index (χ2v) is 9.64. The fourth-order valence-electron chi connectivity index (χ4n) is 6.01. The van der Waals surface area contributed by atoms with Crippen molar-refractivity contribution in [1.82, 2.24) is 9.88 Å². The number of nitrogens with zero attached hydrogens (tertiary/aromatic N) is 2. The molecule has 1 aromatic carbocycles. The third-order valence-electron chi connectivity index (χ3n) is 7.61. The molecule has 3 aliphatic rings. The molecule has 0 unspecified atom stereocenters. The van der Waals surface area contributed by atoms with Crippen molar-refractivity contribution in [3.05, 3.63) is 23.3 Å². The van der Waals surface area contributed by atoms with Gasteiger partial charge in [-0.2, -0.15) is 0 Å². The van der Waals surface area contributed by atoms with E-state index in [1.165, 1.54) is 74.5 Å². The number of methoxy groups -OCH3 is 1. The van der Waals surface area contributed by atoms with Gasteiger partial charge in [0.25, 0.3) is 0 Å². The van der Waals surface area contributed by atoms with E-state index in [1.54, 1.807) is 7.11 Å². The maximum atomic E-state index is 6.45. The van der Waals surface area contributed by atoms with Crippen LogP contribution in [0.4, 0.5) is 5.82 Å². The van der Waals surface area contributed by atoms with Crippen molar-refractivity contribution >= 4 is 16.7 Å². The lowest BCUT2D eigenvalue weighted by Crippen LogP contribution is -2.24. The highest BCUT2D eigenvalue weighted by atomic mass is 16.5. The Labute approximate surface area is 179 Å². The Morgan fingerprint density at radius 1 is 1.00 bits per heavy atom. The van der Waals surface area contributed by atoms with E-state index >= 15 is 0 Å². The number of aromatic nitrogens is 1. The summed E-state index contributed by atoms with van der Waals surface area (Å²) < 4.78 is 11.8. The molecule has 0 bridgehead atoms. The lowest BCUT2D eigenvalue weighted by atomic mass is 9.72. The van der Waals surface area contributed by atoms with E-state index in [-0.39, 0.29) is 0 Å². The standard InChI is InChI=1S/C25H35N3O2/c1-29-22-14-18-19-16-25(8-3-2-4-9-25)17-20(19)24(26)27-21(18)15-23(22)30-13-7-12-28-10-5-6-11-28/h14-15H,2-13,16-17H2,1H3,(H2,26,27). The molecule has 2 N–H and O–H groups in total. The van der Waals surface area contributed by atoms with E-state index in [9.17, 15) is 0 Å². The predicted octanol–water partition coefficient (Wildman–Crippen LogP) is 4.74. The van der Waals surface area contributed by atoms with Crippen LogP contribution in [-0.2, 0) is 12.8 Å². The molecule has 2 aliphatic carbocycles. The fraction of sp³-hybridized carbons (Fsp3) is 0.640. The van der Waals surface area contributed by atoms with Gasteiger partial charge < -0.3 is 20.1 Å². The van der Waals surface area contributed by atoms with Gasteiger partial charge in [0.15, 0.2) is 11.5 Å². The van der Waals surface area contributed by atoms with Crippen LogP contribution in [0.3, 0.4) is 0 Å². The first kappa shape index (κ1) is 19.9. The molecular formula is C25H35N3O2. The second-order valence-electron chi connectivity index (χ2n) is 9.64. The van der Waals surface area contributed by atoms with Crippen molar-refractivity contribution in [1.29, 1.82) is 0 Å². The number of pyridine rings is 1. The van der Waals surface area contributed by atoms with E-state index in [2.05, 4.69) is 11.0 Å². The fourth-order valence-corrected chi connectivity index (χ4v) is 6.01. The quantitative estimate of drug-likeness (QED) is 0.698. The Morgan fingerprint density at radius 2 is 1.77 bits per heavy atom. The number of nitrogen functional groups attached to an aromatic ring is 1. The molecular weight excluding hydrogens is 374 g/mol. The van der Waals surface area contributed by atoms with Gasteiger partial charge in [0.05, 0.1) is 19.2 Å². The summed E-state index contributed by atoms with van der Waals surface area (Å²) in [6.45, 7) is 4.27. The van der Waals surface area contributed by atoms with Crippen LogP contribution in [0.15, 0.2) is 12.1 Å². The number of likely N-dealkylation sites (tertiary alicyclic amines) is 1. The van der Waals surface area contributed by atoms with E-state index in [4.69, 9.17) is 20.2 Å². The zero-order valence-corrected chi connectivity index (χ0v) is 18.3. The molecule has 0 amide bonds. The molecule has 0 atom stereocenters. The van der Waals surface area contributed by atoms with Gasteiger partial charge >= 0.3 is 0 Å². The summed E-state index contributed by atoms with van der Waals surface area (Å²) in [6.07, 6.45) is 12.6. The maximum absolute atomic E-state index is 6.45. The van der Waals surface area contributed by atoms with Gasteiger partial charge in [-0.3, -0.25) is 0 Å². The second kappa shape index (κ2) is 8.26. The largest absolute Gasteiger partial charge is 0.493 e. The summed E-state index contributed by atoms with van der Waals surface area (Å²) in [5.74, 6) is 2.30. The molecule has 162 valence electrons. The lowest BCUT2D eigenvalue weighted by Gasteiger charge is -2.33. The van der Waals surface area contributed by atoms with Crippen molar-refractivity contribution in [2.75, 3.05) is 39.1 Å². The van der Waals surface area contributed by atoms with E-state index in [1.807, 2.05) is 6.07 Å². The predicted molar refractivity (Wildman–Crippen MR) is 121 cm³/mol. The Bertz CT molecular complexity index is 914. The highest BCUT2D eigenvalue weighted by Crippen LogP contribution is 2.50. The van der Waals surface area contributed by atoms with E-state index < -0.39 is 0 Å². The summed E-state index contributed by atoms with van der Waals surface area (Å²) in [7, 11) is 1.73. The van der Waals surface area contributed by atoms with Gasteiger partial charge in [-0.15, -0.1) is 0 Å². The van der Waals surface area contributed by atoms with Gasteiger partial charge in [-0.25, -0.2) is 4.98 Å². The molecule has 5 nitrogen and oxygen atoms in total. The van der Waals surface area contributed by atoms with Crippen molar-refractivity contribution < 1.29 is 9.47 Å². The van der Waals surface area contributed by atoms with Crippen molar-refractivity contribution in [2.24, 2.45) is 5.41 Å². The highest BCUT2D eigenvalue weighted by molar-refractivity contribution is 5.89. The van der Waals surface area contributed by atoms with Crippen molar-refractivity contribution in [3.8, 4) is 11.5 Å². The minimum absolute atomic E-state index is 0.405. The summed E-state index contributed by atoms with van der Waals surface area (Å²) in [6, 6.07) is 4.17. The molecule has 2 fully saturated rings. The number of hydrogen-bond acceptors (Lipinski definition) is 5. The molecule has 1 spiro atoms. The van der Waals surface area contributed by atoms with Gasteiger partial charge in [-0.1, -0.05) is 19.3 Å². The molecule has 30 heavy (non-hydrogen) atoms. The monoisotopic (exact) mass is 409 g/mol. The third-order valence-corrected chi connectivity index (χ3v) is 7.61. The molecule has 1 aromatic heterocycles. The highest BCUT2D eigenvalue weighted by Gasteiger charge is 2.40. The SMILES string of the molecule is COc1cc2c3c(c(N)nc2cc1OCCCN1CCCC1)CC1(CCCCC1)C3. The van der Waals surface area contributed by atoms with Crippen molar-refractivity contribution in [3.63, 3.8) is 0 Å². The van der Waals surface area contributed by atoms with Crippen LogP contribution in [0.5, 0.6) is 11.5 Å². The first-order chi connectivity index (χ1) is 14.7. The minimum Gasteiger partial charge on any atom is -0.493 e. The topological polar surface area (TPSA) is 60.6 Å². The maximum Gasteiger partial charge on any atom is 0.163 e. The van der Waals surface area contributed by atoms with E-state index in [0.29, 0.717) is 17.8 Å². The van der Waals surface area contributed by atoms with Crippen LogP contribution in [0.2, 0.25) is 0 Å². The third kappa shape index (κ3) is 3.73. The number of fused-ring (bicyclic) bond motifs is 3. The molecule has 5 rings (SSSR count). The number of rotatable bonds is 6. The molecule has 5 heteroatoms. The van der Waals surface area contributed by atoms with Crippen molar-refractivity contribution in [2.45, 2.75) is 64.2 Å². The van der Waals surface area contributed by atoms with Crippen LogP contribution < -0.4 is 15.2 Å². The van der Waals surface area contributed by atoms with E-state index in [0.717, 1.165) is 42.8 Å². The molecule has 1 saturated heterocycles. The number of nitrogens with two attached hydrogens (primary N) is 1. The van der Waals surface area contributed by atoms with Crippen LogP contribution in [0.25, 0.3) is 10.9 Å². The number of hydrogen-bond donors (Lipinski definition) is 1. The first-order valence-corrected chi connectivity index (χ1v) is 11.8. The van der Waals surface area contributed by atoms with Gasteiger partial charge in [0, 0.05) is 18.0 Å². The van der Waals surface area contributed by atoms with Gasteiger partial charge in [0.2, 0.25) is 0 Å². The summed E-state index contributed by atoms with van der Waals surface area (Å²) in [5.41, 5.74) is 10.5. The van der Waals surface area contributed by atoms with Crippen LogP contribution in [0.1, 0.15) is 62.5 Å². The molecule has 2 heterocycles. The van der Waals surface area contributed by atoms with Crippen LogP contribution in [0, 0.1) is 5.41 Å². The summed E-state index contributed by atoms with van der Waals surface area (Å²) in [4.78, 5) is 7.31. The smallest absolute Gasteiger partial charge is 0.163 e. The number of anilines is 1. The molecule has 2 aromatic rings. The average Bonchev–Trinajstić information content (AvgIpc) is 3.40. The number of ether oxygens (including phenoxy) is 2. The molecule has 1 aliphatic heterocycles. The van der Waals surface area contributed by atoms with Gasteiger partial charge in [0.1, 0.15) is 5.82 Å². The Morgan fingerprint density at radius 3 is 2.53 bits per heavy atom. The molecule has 1 saturated carbocycles. The zero-order chi connectivity index (χ0) is 20.6. The summed E-state index contributed by atoms with van der Waals surface area (Å²) >= 11 is 0. The molecule has 0 radical (unpaired) electrons. The summed E-state index contributed by atoms with van der Waals surface area (Å²) in [5, 5.41) is 1.20. The van der Waals surface area contributed by atoms with Gasteiger partial charge in [-0.05, 0) is 80.6 Å². The Balaban J connectivity index is 1.38.